The fourth-order valence-electron chi connectivity index (χ4n) is 1.05. The minimum Gasteiger partial charge on any atom is -0.282 e. The molecule has 0 bridgehead atoms. The van der Waals surface area contributed by atoms with Crippen LogP contribution in [0, 0.1) is 17.0 Å². The van der Waals surface area contributed by atoms with Gasteiger partial charge in [0.05, 0.1) is 4.92 Å². The Balaban J connectivity index is 3.82. The van der Waals surface area contributed by atoms with E-state index >= 15 is 0 Å². The zero-order valence-electron chi connectivity index (χ0n) is 7.77. The molecule has 0 spiro atoms. The van der Waals surface area contributed by atoms with Crippen molar-refractivity contribution in [1.29, 1.82) is 0 Å². The predicted octanol–water partition coefficient (Wildman–Crippen LogP) is 2.46. The predicted molar refractivity (Wildman–Crippen MR) is 57.7 cm³/mol. The van der Waals surface area contributed by atoms with Gasteiger partial charge in [0, 0.05) is 5.02 Å². The van der Waals surface area contributed by atoms with Gasteiger partial charge in [0.15, 0.2) is 4.90 Å². The number of hydrogen-bond donors (Lipinski definition) is 1. The average molecular weight is 286 g/mol. The van der Waals surface area contributed by atoms with Gasteiger partial charge in [-0.1, -0.05) is 23.2 Å². The normalized spacial score (nSPS) is 11.5. The average Bonchev–Trinajstić information content (AvgIpc) is 2.11. The van der Waals surface area contributed by atoms with Crippen LogP contribution in [-0.4, -0.2) is 17.9 Å². The first kappa shape index (κ1) is 13.2. The highest BCUT2D eigenvalue weighted by Gasteiger charge is 2.30. The van der Waals surface area contributed by atoms with E-state index in [-0.39, 0.29) is 10.6 Å². The number of nitro benzene ring substituents is 1. The summed E-state index contributed by atoms with van der Waals surface area (Å²) in [5, 5.41) is 10.2. The molecule has 6 nitrogen and oxygen atoms in total. The van der Waals surface area contributed by atoms with Gasteiger partial charge >= 0.3 is 15.8 Å². The third-order valence-electron chi connectivity index (χ3n) is 1.85. The maximum absolute atomic E-state index is 10.9. The van der Waals surface area contributed by atoms with Gasteiger partial charge in [0.1, 0.15) is 5.02 Å². The summed E-state index contributed by atoms with van der Waals surface area (Å²) < 4.78 is 30.6. The molecule has 0 aliphatic carbocycles. The molecule has 1 rings (SSSR count). The number of halogens is 2. The highest BCUT2D eigenvalue weighted by atomic mass is 35.5. The van der Waals surface area contributed by atoms with Crippen LogP contribution in [0.3, 0.4) is 0 Å². The summed E-state index contributed by atoms with van der Waals surface area (Å²) in [6.07, 6.45) is 0. The Hall–Kier alpha value is -0.890. The minimum absolute atomic E-state index is 0.0803. The third-order valence-corrected chi connectivity index (χ3v) is 3.57. The second-order valence-corrected chi connectivity index (χ2v) is 5.05. The Bertz CT molecular complexity index is 569. The van der Waals surface area contributed by atoms with Gasteiger partial charge in [0.25, 0.3) is 0 Å². The number of rotatable bonds is 2. The molecule has 0 aliphatic heterocycles. The maximum Gasteiger partial charge on any atom is 0.309 e. The lowest BCUT2D eigenvalue weighted by molar-refractivity contribution is -0.387. The SMILES string of the molecule is Cc1c(Cl)cc(S(=O)(=O)O)c([N+](=O)[O-])c1Cl. The second kappa shape index (κ2) is 4.17. The van der Waals surface area contributed by atoms with Crippen LogP contribution >= 0.6 is 23.2 Å². The van der Waals surface area contributed by atoms with Crippen molar-refractivity contribution in [3.05, 3.63) is 31.8 Å². The van der Waals surface area contributed by atoms with Gasteiger partial charge in [-0.25, -0.2) is 0 Å². The first-order valence-corrected chi connectivity index (χ1v) is 5.96. The van der Waals surface area contributed by atoms with E-state index in [1.165, 1.54) is 6.92 Å². The first-order chi connectivity index (χ1) is 7.16. The Morgan fingerprint density at radius 1 is 1.44 bits per heavy atom. The molecule has 0 amide bonds. The fraction of sp³-hybridized carbons (Fsp3) is 0.143. The number of nitrogens with zero attached hydrogens (tertiary/aromatic N) is 1. The van der Waals surface area contributed by atoms with E-state index in [0.29, 0.717) is 0 Å². The summed E-state index contributed by atoms with van der Waals surface area (Å²) >= 11 is 11.2. The van der Waals surface area contributed by atoms with E-state index in [4.69, 9.17) is 27.8 Å². The van der Waals surface area contributed by atoms with Gasteiger partial charge in [0.2, 0.25) is 0 Å². The molecule has 88 valence electrons. The van der Waals surface area contributed by atoms with Crippen LogP contribution in [0.25, 0.3) is 0 Å². The molecule has 16 heavy (non-hydrogen) atoms. The quantitative estimate of drug-likeness (QED) is 0.511. The molecule has 1 N–H and O–H groups in total. The maximum atomic E-state index is 10.9. The van der Waals surface area contributed by atoms with Crippen molar-refractivity contribution >= 4 is 39.0 Å². The summed E-state index contributed by atoms with van der Waals surface area (Å²) in [6.45, 7) is 1.39. The summed E-state index contributed by atoms with van der Waals surface area (Å²) in [6, 6.07) is 0.788. The number of nitro groups is 1. The van der Waals surface area contributed by atoms with E-state index in [9.17, 15) is 18.5 Å². The van der Waals surface area contributed by atoms with E-state index < -0.39 is 30.6 Å². The Morgan fingerprint density at radius 2 is 1.94 bits per heavy atom. The molecular weight excluding hydrogens is 281 g/mol. The smallest absolute Gasteiger partial charge is 0.282 e. The summed E-state index contributed by atoms with van der Waals surface area (Å²) in [4.78, 5) is 8.75. The Kier molecular flexibility index (Phi) is 3.44. The molecule has 0 aromatic heterocycles. The summed E-state index contributed by atoms with van der Waals surface area (Å²) in [5.74, 6) is 0. The van der Waals surface area contributed by atoms with Crippen LogP contribution < -0.4 is 0 Å². The molecular formula is C7H5Cl2NO5S. The standard InChI is InChI=1S/C7H5Cl2NO5S/c1-3-4(8)2-5(16(13,14)15)7(6(3)9)10(11)12/h2H,1H3,(H,13,14,15). The topological polar surface area (TPSA) is 97.5 Å². The Morgan fingerprint density at radius 3 is 2.31 bits per heavy atom. The molecule has 0 saturated heterocycles. The van der Waals surface area contributed by atoms with E-state index in [1.807, 2.05) is 0 Å². The van der Waals surface area contributed by atoms with Crippen molar-refractivity contribution in [2.45, 2.75) is 11.8 Å². The third kappa shape index (κ3) is 2.27. The van der Waals surface area contributed by atoms with Crippen LogP contribution in [0.15, 0.2) is 11.0 Å². The van der Waals surface area contributed by atoms with E-state index in [2.05, 4.69) is 0 Å². The van der Waals surface area contributed by atoms with Crippen LogP contribution in [0.5, 0.6) is 0 Å². The van der Waals surface area contributed by atoms with E-state index in [1.54, 1.807) is 0 Å². The monoisotopic (exact) mass is 285 g/mol. The molecule has 0 unspecified atom stereocenters. The van der Waals surface area contributed by atoms with Crippen molar-refractivity contribution in [2.75, 3.05) is 0 Å². The molecule has 0 heterocycles. The molecule has 0 fully saturated rings. The van der Waals surface area contributed by atoms with Crippen molar-refractivity contribution in [3.63, 3.8) is 0 Å². The number of benzene rings is 1. The highest BCUT2D eigenvalue weighted by molar-refractivity contribution is 7.86. The molecule has 0 atom stereocenters. The first-order valence-electron chi connectivity index (χ1n) is 3.76. The molecule has 1 aromatic rings. The largest absolute Gasteiger partial charge is 0.309 e. The highest BCUT2D eigenvalue weighted by Crippen LogP contribution is 2.38. The van der Waals surface area contributed by atoms with Crippen molar-refractivity contribution in [1.82, 2.24) is 0 Å². The zero-order chi connectivity index (χ0) is 12.7. The van der Waals surface area contributed by atoms with Crippen LogP contribution in [-0.2, 0) is 10.1 Å². The number of hydrogen-bond acceptors (Lipinski definition) is 4. The zero-order valence-corrected chi connectivity index (χ0v) is 10.1. The summed E-state index contributed by atoms with van der Waals surface area (Å²) in [7, 11) is -4.75. The minimum atomic E-state index is -4.75. The molecule has 0 aliphatic rings. The summed E-state index contributed by atoms with van der Waals surface area (Å²) in [5.41, 5.74) is -0.714. The van der Waals surface area contributed by atoms with Crippen LogP contribution in [0.4, 0.5) is 5.69 Å². The molecule has 0 saturated carbocycles. The van der Waals surface area contributed by atoms with Crippen LogP contribution in [0.2, 0.25) is 10.0 Å². The van der Waals surface area contributed by atoms with Gasteiger partial charge in [-0.05, 0) is 18.6 Å². The Labute approximate surface area is 101 Å². The van der Waals surface area contributed by atoms with Gasteiger partial charge in [-0.2, -0.15) is 8.42 Å². The van der Waals surface area contributed by atoms with Crippen LogP contribution in [0.1, 0.15) is 5.56 Å². The van der Waals surface area contributed by atoms with Gasteiger partial charge in [-0.3, -0.25) is 14.7 Å². The molecule has 0 radical (unpaired) electrons. The van der Waals surface area contributed by atoms with Crippen molar-refractivity contribution in [3.8, 4) is 0 Å². The van der Waals surface area contributed by atoms with Crippen molar-refractivity contribution in [2.24, 2.45) is 0 Å². The second-order valence-electron chi connectivity index (χ2n) is 2.88. The van der Waals surface area contributed by atoms with E-state index in [0.717, 1.165) is 6.07 Å². The lowest BCUT2D eigenvalue weighted by Gasteiger charge is -2.06. The fourth-order valence-corrected chi connectivity index (χ4v) is 2.38. The van der Waals surface area contributed by atoms with Gasteiger partial charge in [-0.15, -0.1) is 0 Å². The molecule has 1 aromatic carbocycles. The molecule has 9 heteroatoms. The van der Waals surface area contributed by atoms with Gasteiger partial charge < -0.3 is 0 Å². The lowest BCUT2D eigenvalue weighted by Crippen LogP contribution is -2.05. The lowest BCUT2D eigenvalue weighted by atomic mass is 10.2. The van der Waals surface area contributed by atoms with Crippen molar-refractivity contribution < 1.29 is 17.9 Å².